The summed E-state index contributed by atoms with van der Waals surface area (Å²) < 4.78 is 0. The summed E-state index contributed by atoms with van der Waals surface area (Å²) in [5.74, 6) is 0.761. The second-order valence-corrected chi connectivity index (χ2v) is 6.98. The van der Waals surface area contributed by atoms with E-state index in [2.05, 4.69) is 60.3 Å². The summed E-state index contributed by atoms with van der Waals surface area (Å²) in [4.78, 5) is 7.74. The topological polar surface area (TPSA) is 40.7 Å². The van der Waals surface area contributed by atoms with Gasteiger partial charge in [0.05, 0.1) is 11.0 Å². The molecule has 0 radical (unpaired) electrons. The lowest BCUT2D eigenvalue weighted by molar-refractivity contribution is 0.590. The van der Waals surface area contributed by atoms with Gasteiger partial charge in [0, 0.05) is 11.6 Å². The maximum absolute atomic E-state index is 5.98. The summed E-state index contributed by atoms with van der Waals surface area (Å²) in [7, 11) is 0. The Morgan fingerprint density at radius 2 is 1.82 bits per heavy atom. The number of nitrogens with one attached hydrogen (secondary N) is 2. The smallest absolute Gasteiger partial charge is 0.201 e. The molecular weight excluding hydrogens is 294 g/mol. The maximum atomic E-state index is 5.98. The van der Waals surface area contributed by atoms with Crippen molar-refractivity contribution in [3.05, 3.63) is 58.6 Å². The Bertz CT molecular complexity index is 782. The van der Waals surface area contributed by atoms with Crippen molar-refractivity contribution in [3.8, 4) is 0 Å². The maximum Gasteiger partial charge on any atom is 0.201 e. The average molecular weight is 314 g/mol. The minimum absolute atomic E-state index is 0.184. The molecule has 0 saturated carbocycles. The first-order chi connectivity index (χ1) is 10.4. The molecule has 0 bridgehead atoms. The molecule has 3 rings (SSSR count). The van der Waals surface area contributed by atoms with Crippen LogP contribution in [0.1, 0.15) is 31.9 Å². The molecule has 0 aliphatic rings. The number of imidazole rings is 1. The van der Waals surface area contributed by atoms with E-state index < -0.39 is 0 Å². The minimum Gasteiger partial charge on any atom is -0.352 e. The van der Waals surface area contributed by atoms with E-state index in [4.69, 9.17) is 11.6 Å². The van der Waals surface area contributed by atoms with Gasteiger partial charge in [0.25, 0.3) is 0 Å². The highest BCUT2D eigenvalue weighted by Crippen LogP contribution is 2.23. The zero-order valence-corrected chi connectivity index (χ0v) is 13.8. The molecule has 3 nitrogen and oxygen atoms in total. The molecule has 0 aliphatic carbocycles. The average Bonchev–Trinajstić information content (AvgIpc) is 2.86. The van der Waals surface area contributed by atoms with E-state index in [0.29, 0.717) is 5.02 Å². The van der Waals surface area contributed by atoms with E-state index in [1.807, 2.05) is 18.2 Å². The van der Waals surface area contributed by atoms with Crippen LogP contribution in [0.5, 0.6) is 0 Å². The Kier molecular flexibility index (Phi) is 3.83. The fourth-order valence-corrected chi connectivity index (χ4v) is 2.55. The fraction of sp³-hybridized carbons (Fsp3) is 0.278. The summed E-state index contributed by atoms with van der Waals surface area (Å²) in [5.41, 5.74) is 4.61. The van der Waals surface area contributed by atoms with Gasteiger partial charge in [-0.1, -0.05) is 56.6 Å². The predicted molar refractivity (Wildman–Crippen MR) is 93.6 cm³/mol. The van der Waals surface area contributed by atoms with Gasteiger partial charge in [0.1, 0.15) is 0 Å². The number of hydrogen-bond donors (Lipinski definition) is 2. The van der Waals surface area contributed by atoms with Gasteiger partial charge >= 0.3 is 0 Å². The standard InChI is InChI=1S/C18H20ClN3/c1-18(2,3)13-6-4-12(5-7-13)11-20-17-21-15-9-8-14(19)10-16(15)22-17/h4-10H,11H2,1-3H3,(H2,20,21,22). The van der Waals surface area contributed by atoms with Gasteiger partial charge in [0.15, 0.2) is 0 Å². The molecule has 22 heavy (non-hydrogen) atoms. The van der Waals surface area contributed by atoms with Gasteiger partial charge in [-0.2, -0.15) is 0 Å². The van der Waals surface area contributed by atoms with Crippen LogP contribution >= 0.6 is 11.6 Å². The van der Waals surface area contributed by atoms with Crippen molar-refractivity contribution in [2.45, 2.75) is 32.7 Å². The zero-order chi connectivity index (χ0) is 15.7. The first-order valence-corrected chi connectivity index (χ1v) is 7.78. The third kappa shape index (κ3) is 3.25. The Morgan fingerprint density at radius 3 is 2.50 bits per heavy atom. The highest BCUT2D eigenvalue weighted by Gasteiger charge is 2.12. The summed E-state index contributed by atoms with van der Waals surface area (Å²) in [6, 6.07) is 14.3. The van der Waals surface area contributed by atoms with E-state index in [-0.39, 0.29) is 5.41 Å². The quantitative estimate of drug-likeness (QED) is 0.704. The van der Waals surface area contributed by atoms with Crippen LogP contribution in [0.25, 0.3) is 11.0 Å². The molecular formula is C18H20ClN3. The number of H-pyrrole nitrogens is 1. The zero-order valence-electron chi connectivity index (χ0n) is 13.1. The number of nitrogens with zero attached hydrogens (tertiary/aromatic N) is 1. The van der Waals surface area contributed by atoms with Crippen LogP contribution in [0.15, 0.2) is 42.5 Å². The molecule has 0 spiro atoms. The Balaban J connectivity index is 1.71. The molecule has 0 amide bonds. The highest BCUT2D eigenvalue weighted by molar-refractivity contribution is 6.31. The molecule has 0 aliphatic heterocycles. The van der Waals surface area contributed by atoms with Crippen LogP contribution in [0.4, 0.5) is 5.95 Å². The van der Waals surface area contributed by atoms with Crippen LogP contribution < -0.4 is 5.32 Å². The first kappa shape index (κ1) is 14.9. The molecule has 2 N–H and O–H groups in total. The fourth-order valence-electron chi connectivity index (χ4n) is 2.37. The lowest BCUT2D eigenvalue weighted by Crippen LogP contribution is -2.11. The highest BCUT2D eigenvalue weighted by atomic mass is 35.5. The second-order valence-electron chi connectivity index (χ2n) is 6.55. The molecule has 1 heterocycles. The molecule has 0 fully saturated rings. The normalized spacial score (nSPS) is 11.8. The number of anilines is 1. The van der Waals surface area contributed by atoms with Crippen molar-refractivity contribution in [3.63, 3.8) is 0 Å². The predicted octanol–water partition coefficient (Wildman–Crippen LogP) is 5.13. The van der Waals surface area contributed by atoms with Crippen molar-refractivity contribution in [2.24, 2.45) is 0 Å². The largest absolute Gasteiger partial charge is 0.352 e. The molecule has 0 atom stereocenters. The third-order valence-corrected chi connectivity index (χ3v) is 3.96. The van der Waals surface area contributed by atoms with Crippen molar-refractivity contribution < 1.29 is 0 Å². The van der Waals surface area contributed by atoms with Crippen LogP contribution in [-0.4, -0.2) is 9.97 Å². The van der Waals surface area contributed by atoms with E-state index >= 15 is 0 Å². The number of rotatable bonds is 3. The molecule has 3 aromatic rings. The summed E-state index contributed by atoms with van der Waals surface area (Å²) in [6.07, 6.45) is 0. The van der Waals surface area contributed by atoms with Gasteiger partial charge in [-0.25, -0.2) is 4.98 Å². The van der Waals surface area contributed by atoms with Gasteiger partial charge in [-0.15, -0.1) is 0 Å². The molecule has 114 valence electrons. The van der Waals surface area contributed by atoms with E-state index in [0.717, 1.165) is 23.5 Å². The molecule has 2 aromatic carbocycles. The summed E-state index contributed by atoms with van der Waals surface area (Å²) in [5, 5.41) is 4.03. The van der Waals surface area contributed by atoms with Gasteiger partial charge < -0.3 is 10.3 Å². The van der Waals surface area contributed by atoms with Crippen molar-refractivity contribution in [2.75, 3.05) is 5.32 Å². The van der Waals surface area contributed by atoms with Gasteiger partial charge in [-0.05, 0) is 34.7 Å². The number of hydrogen-bond acceptors (Lipinski definition) is 2. The number of fused-ring (bicyclic) bond motifs is 1. The summed E-state index contributed by atoms with van der Waals surface area (Å²) >= 11 is 5.98. The Morgan fingerprint density at radius 1 is 1.09 bits per heavy atom. The molecule has 4 heteroatoms. The molecule has 0 saturated heterocycles. The van der Waals surface area contributed by atoms with Crippen LogP contribution in [-0.2, 0) is 12.0 Å². The van der Waals surface area contributed by atoms with Gasteiger partial charge in [0.2, 0.25) is 5.95 Å². The van der Waals surface area contributed by atoms with E-state index in [1.54, 1.807) is 0 Å². The molecule has 0 unspecified atom stereocenters. The van der Waals surface area contributed by atoms with E-state index in [1.165, 1.54) is 11.1 Å². The Hall–Kier alpha value is -2.00. The number of halogens is 1. The van der Waals surface area contributed by atoms with Gasteiger partial charge in [-0.3, -0.25) is 0 Å². The number of benzene rings is 2. The SMILES string of the molecule is CC(C)(C)c1ccc(CNc2nc3ccc(Cl)cc3[nH]2)cc1. The molecule has 1 aromatic heterocycles. The van der Waals surface area contributed by atoms with Crippen molar-refractivity contribution >= 4 is 28.6 Å². The van der Waals surface area contributed by atoms with Crippen molar-refractivity contribution in [1.82, 2.24) is 9.97 Å². The lowest BCUT2D eigenvalue weighted by atomic mass is 9.87. The van der Waals surface area contributed by atoms with Crippen LogP contribution in [0, 0.1) is 0 Å². The van der Waals surface area contributed by atoms with Crippen LogP contribution in [0.3, 0.4) is 0 Å². The first-order valence-electron chi connectivity index (χ1n) is 7.40. The minimum atomic E-state index is 0.184. The number of aromatic amines is 1. The Labute approximate surface area is 135 Å². The van der Waals surface area contributed by atoms with Crippen LogP contribution in [0.2, 0.25) is 5.02 Å². The lowest BCUT2D eigenvalue weighted by Gasteiger charge is -2.19. The van der Waals surface area contributed by atoms with Crippen molar-refractivity contribution in [1.29, 1.82) is 0 Å². The third-order valence-electron chi connectivity index (χ3n) is 3.72. The second kappa shape index (κ2) is 5.65. The number of aromatic nitrogens is 2. The van der Waals surface area contributed by atoms with E-state index in [9.17, 15) is 0 Å². The monoisotopic (exact) mass is 313 g/mol. The summed E-state index contributed by atoms with van der Waals surface area (Å²) in [6.45, 7) is 7.40.